The number of rotatable bonds is 3. The lowest BCUT2D eigenvalue weighted by atomic mass is 10.2. The number of hydrogen-bond acceptors (Lipinski definition) is 3. The van der Waals surface area contributed by atoms with Crippen LogP contribution in [0.3, 0.4) is 0 Å². The SMILES string of the molecule is Fc1cc(Cl)ccc1COc1nccnc1Cl. The summed E-state index contributed by atoms with van der Waals surface area (Å²) >= 11 is 11.4. The first-order valence-corrected chi connectivity index (χ1v) is 5.45. The van der Waals surface area contributed by atoms with Crippen molar-refractivity contribution in [2.75, 3.05) is 0 Å². The Morgan fingerprint density at radius 3 is 2.65 bits per heavy atom. The monoisotopic (exact) mass is 272 g/mol. The normalized spacial score (nSPS) is 10.3. The smallest absolute Gasteiger partial charge is 0.252 e. The molecule has 0 aliphatic carbocycles. The van der Waals surface area contributed by atoms with E-state index in [1.54, 1.807) is 12.1 Å². The highest BCUT2D eigenvalue weighted by molar-refractivity contribution is 6.30. The maximum Gasteiger partial charge on any atom is 0.252 e. The lowest BCUT2D eigenvalue weighted by Gasteiger charge is -2.06. The Hall–Kier alpha value is -1.39. The van der Waals surface area contributed by atoms with E-state index in [2.05, 4.69) is 9.97 Å². The number of halogens is 3. The second-order valence-electron chi connectivity index (χ2n) is 3.18. The number of aromatic nitrogens is 2. The Bertz CT molecular complexity index is 537. The number of nitrogens with zero attached hydrogens (tertiary/aromatic N) is 2. The van der Waals surface area contributed by atoms with E-state index in [1.165, 1.54) is 18.5 Å². The highest BCUT2D eigenvalue weighted by Crippen LogP contribution is 2.20. The molecule has 2 aromatic rings. The summed E-state index contributed by atoms with van der Waals surface area (Å²) in [6.45, 7) is 0.0153. The lowest BCUT2D eigenvalue weighted by molar-refractivity contribution is 0.287. The molecule has 0 amide bonds. The molecule has 6 heteroatoms. The Balaban J connectivity index is 2.10. The number of hydrogen-bond donors (Lipinski definition) is 0. The molecule has 0 unspecified atom stereocenters. The van der Waals surface area contributed by atoms with Crippen LogP contribution in [0.2, 0.25) is 10.2 Å². The van der Waals surface area contributed by atoms with Gasteiger partial charge in [-0.15, -0.1) is 0 Å². The molecule has 0 bridgehead atoms. The zero-order valence-corrected chi connectivity index (χ0v) is 10.0. The van der Waals surface area contributed by atoms with E-state index < -0.39 is 5.82 Å². The summed E-state index contributed by atoms with van der Waals surface area (Å²) in [5.41, 5.74) is 0.371. The van der Waals surface area contributed by atoms with E-state index in [1.807, 2.05) is 0 Å². The van der Waals surface area contributed by atoms with Gasteiger partial charge in [-0.1, -0.05) is 29.3 Å². The first-order valence-electron chi connectivity index (χ1n) is 4.70. The second kappa shape index (κ2) is 5.29. The summed E-state index contributed by atoms with van der Waals surface area (Å²) in [5, 5.41) is 0.477. The van der Waals surface area contributed by atoms with Gasteiger partial charge in [-0.25, -0.2) is 14.4 Å². The quantitative estimate of drug-likeness (QED) is 0.858. The van der Waals surface area contributed by atoms with E-state index in [0.29, 0.717) is 10.6 Å². The fourth-order valence-electron chi connectivity index (χ4n) is 1.19. The van der Waals surface area contributed by atoms with Crippen LogP contribution in [0.25, 0.3) is 0 Å². The molecule has 0 saturated heterocycles. The van der Waals surface area contributed by atoms with Crippen LogP contribution in [0.4, 0.5) is 4.39 Å². The zero-order valence-electron chi connectivity index (χ0n) is 8.53. The van der Waals surface area contributed by atoms with Crippen LogP contribution in [-0.4, -0.2) is 9.97 Å². The minimum atomic E-state index is -0.433. The van der Waals surface area contributed by atoms with Crippen molar-refractivity contribution in [3.63, 3.8) is 0 Å². The summed E-state index contributed by atoms with van der Waals surface area (Å²) in [6.07, 6.45) is 2.89. The summed E-state index contributed by atoms with van der Waals surface area (Å²) in [4.78, 5) is 7.67. The molecule has 0 spiro atoms. The molecule has 0 aliphatic rings. The first kappa shape index (κ1) is 12.1. The van der Waals surface area contributed by atoms with Crippen LogP contribution < -0.4 is 4.74 Å². The minimum Gasteiger partial charge on any atom is -0.471 e. The van der Waals surface area contributed by atoms with Crippen LogP contribution in [0, 0.1) is 5.82 Å². The van der Waals surface area contributed by atoms with Crippen molar-refractivity contribution >= 4 is 23.2 Å². The molecule has 88 valence electrons. The van der Waals surface area contributed by atoms with Crippen LogP contribution >= 0.6 is 23.2 Å². The van der Waals surface area contributed by atoms with Crippen LogP contribution in [0.15, 0.2) is 30.6 Å². The third-order valence-electron chi connectivity index (χ3n) is 2.00. The minimum absolute atomic E-state index is 0.0153. The maximum absolute atomic E-state index is 13.4. The van der Waals surface area contributed by atoms with Gasteiger partial charge in [-0.3, -0.25) is 0 Å². The van der Waals surface area contributed by atoms with Crippen molar-refractivity contribution in [2.45, 2.75) is 6.61 Å². The summed E-state index contributed by atoms with van der Waals surface area (Å²) in [7, 11) is 0. The van der Waals surface area contributed by atoms with Crippen LogP contribution in [0.1, 0.15) is 5.56 Å². The van der Waals surface area contributed by atoms with Crippen LogP contribution in [0.5, 0.6) is 5.88 Å². The van der Waals surface area contributed by atoms with Crippen molar-refractivity contribution in [2.24, 2.45) is 0 Å². The van der Waals surface area contributed by atoms with Gasteiger partial charge in [0.1, 0.15) is 12.4 Å². The number of benzene rings is 1. The molecule has 0 saturated carbocycles. The molecule has 0 atom stereocenters. The van der Waals surface area contributed by atoms with Crippen LogP contribution in [-0.2, 0) is 6.61 Å². The third-order valence-corrected chi connectivity index (χ3v) is 2.50. The van der Waals surface area contributed by atoms with Gasteiger partial charge in [0.05, 0.1) is 0 Å². The van der Waals surface area contributed by atoms with Gasteiger partial charge < -0.3 is 4.74 Å². The average Bonchev–Trinajstić information content (AvgIpc) is 2.30. The number of ether oxygens (including phenoxy) is 1. The second-order valence-corrected chi connectivity index (χ2v) is 3.97. The predicted octanol–water partition coefficient (Wildman–Crippen LogP) is 3.50. The highest BCUT2D eigenvalue weighted by Gasteiger charge is 2.07. The van der Waals surface area contributed by atoms with Crippen molar-refractivity contribution in [3.05, 3.63) is 52.1 Å². The van der Waals surface area contributed by atoms with Gasteiger partial charge in [0.15, 0.2) is 5.15 Å². The molecule has 1 aromatic heterocycles. The van der Waals surface area contributed by atoms with E-state index >= 15 is 0 Å². The lowest BCUT2D eigenvalue weighted by Crippen LogP contribution is -2.00. The van der Waals surface area contributed by atoms with E-state index in [-0.39, 0.29) is 17.6 Å². The molecule has 1 heterocycles. The summed E-state index contributed by atoms with van der Waals surface area (Å²) < 4.78 is 18.7. The Labute approximate surface area is 107 Å². The molecule has 0 fully saturated rings. The molecule has 0 radical (unpaired) electrons. The average molecular weight is 273 g/mol. The van der Waals surface area contributed by atoms with Gasteiger partial charge in [0, 0.05) is 23.0 Å². The van der Waals surface area contributed by atoms with Gasteiger partial charge in [-0.2, -0.15) is 0 Å². The molecular formula is C11H7Cl2FN2O. The summed E-state index contributed by atoms with van der Waals surface area (Å²) in [6, 6.07) is 4.35. The topological polar surface area (TPSA) is 35.0 Å². The molecule has 1 aromatic carbocycles. The third kappa shape index (κ3) is 3.05. The predicted molar refractivity (Wildman–Crippen MR) is 62.8 cm³/mol. The summed E-state index contributed by atoms with van der Waals surface area (Å²) in [5.74, 6) is -0.263. The molecule has 0 N–H and O–H groups in total. The van der Waals surface area contributed by atoms with Crippen molar-refractivity contribution < 1.29 is 9.13 Å². The van der Waals surface area contributed by atoms with Crippen molar-refractivity contribution in [1.82, 2.24) is 9.97 Å². The van der Waals surface area contributed by atoms with E-state index in [4.69, 9.17) is 27.9 Å². The fourth-order valence-corrected chi connectivity index (χ4v) is 1.51. The van der Waals surface area contributed by atoms with Gasteiger partial charge in [0.2, 0.25) is 0 Å². The molecule has 2 rings (SSSR count). The highest BCUT2D eigenvalue weighted by atomic mass is 35.5. The van der Waals surface area contributed by atoms with Gasteiger partial charge in [0.25, 0.3) is 5.88 Å². The van der Waals surface area contributed by atoms with Crippen molar-refractivity contribution in [1.29, 1.82) is 0 Å². The first-order chi connectivity index (χ1) is 8.16. The Morgan fingerprint density at radius 1 is 1.18 bits per heavy atom. The molecule has 0 aliphatic heterocycles. The molecule has 3 nitrogen and oxygen atoms in total. The van der Waals surface area contributed by atoms with Gasteiger partial charge >= 0.3 is 0 Å². The van der Waals surface area contributed by atoms with E-state index in [9.17, 15) is 4.39 Å². The Kier molecular flexibility index (Phi) is 3.76. The largest absolute Gasteiger partial charge is 0.471 e. The standard InChI is InChI=1S/C11H7Cl2FN2O/c12-8-2-1-7(9(14)5-8)6-17-11-10(13)15-3-4-16-11/h1-5H,6H2. The van der Waals surface area contributed by atoms with Gasteiger partial charge in [-0.05, 0) is 12.1 Å². The fraction of sp³-hybridized carbons (Fsp3) is 0.0909. The Morgan fingerprint density at radius 2 is 1.94 bits per heavy atom. The maximum atomic E-state index is 13.4. The zero-order chi connectivity index (χ0) is 12.3. The van der Waals surface area contributed by atoms with Crippen molar-refractivity contribution in [3.8, 4) is 5.88 Å². The molecule has 17 heavy (non-hydrogen) atoms. The molecular weight excluding hydrogens is 266 g/mol. The van der Waals surface area contributed by atoms with E-state index in [0.717, 1.165) is 0 Å².